The van der Waals surface area contributed by atoms with Crippen molar-refractivity contribution in [3.8, 4) is 0 Å². The molecule has 0 saturated heterocycles. The Kier molecular flexibility index (Phi) is 4.20. The van der Waals surface area contributed by atoms with E-state index < -0.39 is 5.97 Å². The van der Waals surface area contributed by atoms with Crippen LogP contribution in [-0.4, -0.2) is 24.0 Å². The van der Waals surface area contributed by atoms with Crippen LogP contribution in [0.4, 0.5) is 5.13 Å². The Balaban J connectivity index is 1.71. The van der Waals surface area contributed by atoms with Gasteiger partial charge in [-0.15, -0.1) is 11.3 Å². The molecule has 0 fully saturated rings. The van der Waals surface area contributed by atoms with E-state index in [4.69, 9.17) is 0 Å². The van der Waals surface area contributed by atoms with E-state index in [1.54, 1.807) is 35.6 Å². The van der Waals surface area contributed by atoms with Crippen LogP contribution in [0.3, 0.4) is 0 Å². The minimum atomic E-state index is -0.417. The number of thiazole rings is 1. The van der Waals surface area contributed by atoms with Gasteiger partial charge in [0, 0.05) is 10.4 Å². The van der Waals surface area contributed by atoms with Gasteiger partial charge < -0.3 is 4.74 Å². The first-order valence-corrected chi connectivity index (χ1v) is 7.97. The van der Waals surface area contributed by atoms with Gasteiger partial charge in [0.2, 0.25) is 0 Å². The molecule has 1 aliphatic carbocycles. The van der Waals surface area contributed by atoms with Crippen molar-refractivity contribution in [3.63, 3.8) is 0 Å². The Labute approximate surface area is 132 Å². The van der Waals surface area contributed by atoms with E-state index >= 15 is 0 Å². The number of hydrogen-bond donors (Lipinski definition) is 1. The number of methoxy groups -OCH3 is 1. The van der Waals surface area contributed by atoms with Gasteiger partial charge >= 0.3 is 5.97 Å². The van der Waals surface area contributed by atoms with Crippen LogP contribution in [0.1, 0.15) is 44.1 Å². The SMILES string of the molecule is COC(=O)c1ccc(C(=O)Nc2nc3c(s2)CCCC3)cc1. The van der Waals surface area contributed by atoms with E-state index in [1.807, 2.05) is 0 Å². The van der Waals surface area contributed by atoms with Gasteiger partial charge in [-0.25, -0.2) is 9.78 Å². The van der Waals surface area contributed by atoms with Crippen LogP contribution in [0.25, 0.3) is 0 Å². The number of ether oxygens (including phenoxy) is 1. The zero-order valence-electron chi connectivity index (χ0n) is 12.2. The third-order valence-electron chi connectivity index (χ3n) is 3.63. The van der Waals surface area contributed by atoms with E-state index in [0.717, 1.165) is 18.5 Å². The van der Waals surface area contributed by atoms with Gasteiger partial charge in [0.1, 0.15) is 0 Å². The fourth-order valence-corrected chi connectivity index (χ4v) is 3.50. The normalized spacial score (nSPS) is 13.3. The summed E-state index contributed by atoms with van der Waals surface area (Å²) in [5.41, 5.74) is 2.03. The molecule has 0 atom stereocenters. The van der Waals surface area contributed by atoms with Gasteiger partial charge in [-0.1, -0.05) is 0 Å². The van der Waals surface area contributed by atoms with Gasteiger partial charge in [-0.05, 0) is 49.9 Å². The molecule has 1 amide bonds. The van der Waals surface area contributed by atoms with E-state index in [1.165, 1.54) is 24.8 Å². The molecule has 0 radical (unpaired) electrons. The largest absolute Gasteiger partial charge is 0.465 e. The first kappa shape index (κ1) is 14.7. The molecule has 22 heavy (non-hydrogen) atoms. The first-order valence-electron chi connectivity index (χ1n) is 7.15. The van der Waals surface area contributed by atoms with E-state index in [2.05, 4.69) is 15.0 Å². The lowest BCUT2D eigenvalue weighted by Gasteiger charge is -2.06. The van der Waals surface area contributed by atoms with Crippen LogP contribution < -0.4 is 5.32 Å². The number of nitrogens with zero attached hydrogens (tertiary/aromatic N) is 1. The van der Waals surface area contributed by atoms with Crippen molar-refractivity contribution < 1.29 is 14.3 Å². The summed E-state index contributed by atoms with van der Waals surface area (Å²) in [5, 5.41) is 3.48. The molecule has 0 bridgehead atoms. The number of aromatic nitrogens is 1. The second-order valence-corrected chi connectivity index (χ2v) is 6.20. The summed E-state index contributed by atoms with van der Waals surface area (Å²) < 4.78 is 4.63. The Hall–Kier alpha value is -2.21. The summed E-state index contributed by atoms with van der Waals surface area (Å²) in [4.78, 5) is 29.4. The fourth-order valence-electron chi connectivity index (χ4n) is 2.45. The maximum atomic E-state index is 12.2. The molecule has 1 aliphatic rings. The number of carbonyl (C=O) groups excluding carboxylic acids is 2. The van der Waals surface area contributed by atoms with Crippen molar-refractivity contribution in [2.24, 2.45) is 0 Å². The number of benzene rings is 1. The molecule has 1 heterocycles. The minimum Gasteiger partial charge on any atom is -0.465 e. The fraction of sp³-hybridized carbons (Fsp3) is 0.312. The lowest BCUT2D eigenvalue weighted by Crippen LogP contribution is -2.12. The summed E-state index contributed by atoms with van der Waals surface area (Å²) in [6.07, 6.45) is 4.41. The van der Waals surface area contributed by atoms with Crippen LogP contribution >= 0.6 is 11.3 Å². The van der Waals surface area contributed by atoms with Gasteiger partial charge in [0.25, 0.3) is 5.91 Å². The highest BCUT2D eigenvalue weighted by Crippen LogP contribution is 2.29. The van der Waals surface area contributed by atoms with Crippen molar-refractivity contribution in [3.05, 3.63) is 46.0 Å². The minimum absolute atomic E-state index is 0.220. The lowest BCUT2D eigenvalue weighted by atomic mass is 10.0. The molecule has 6 heteroatoms. The monoisotopic (exact) mass is 316 g/mol. The summed E-state index contributed by atoms with van der Waals surface area (Å²) in [6, 6.07) is 6.37. The average Bonchev–Trinajstić information content (AvgIpc) is 2.96. The summed E-state index contributed by atoms with van der Waals surface area (Å²) >= 11 is 1.55. The smallest absolute Gasteiger partial charge is 0.337 e. The molecule has 5 nitrogen and oxygen atoms in total. The third kappa shape index (κ3) is 3.01. The molecular formula is C16H16N2O3S. The van der Waals surface area contributed by atoms with Crippen LogP contribution in [-0.2, 0) is 17.6 Å². The van der Waals surface area contributed by atoms with Crippen LogP contribution in [0.15, 0.2) is 24.3 Å². The highest BCUT2D eigenvalue weighted by atomic mass is 32.1. The molecule has 0 unspecified atom stereocenters. The number of esters is 1. The van der Waals surface area contributed by atoms with Crippen LogP contribution in [0.2, 0.25) is 0 Å². The molecule has 1 aromatic heterocycles. The Bertz CT molecular complexity index is 683. The van der Waals surface area contributed by atoms with E-state index in [0.29, 0.717) is 16.3 Å². The van der Waals surface area contributed by atoms with Gasteiger partial charge in [-0.2, -0.15) is 0 Å². The zero-order chi connectivity index (χ0) is 15.5. The number of amides is 1. The topological polar surface area (TPSA) is 68.3 Å². The second kappa shape index (κ2) is 6.27. The molecule has 3 rings (SSSR count). The summed E-state index contributed by atoms with van der Waals surface area (Å²) in [7, 11) is 1.33. The van der Waals surface area contributed by atoms with Crippen molar-refractivity contribution in [2.45, 2.75) is 25.7 Å². The maximum absolute atomic E-state index is 12.2. The molecule has 0 saturated carbocycles. The molecule has 0 aliphatic heterocycles. The van der Waals surface area contributed by atoms with E-state index in [-0.39, 0.29) is 5.91 Å². The Morgan fingerprint density at radius 2 is 1.82 bits per heavy atom. The molecule has 1 aromatic carbocycles. The average molecular weight is 316 g/mol. The molecule has 114 valence electrons. The van der Waals surface area contributed by atoms with Crippen molar-refractivity contribution in [1.29, 1.82) is 0 Å². The number of aryl methyl sites for hydroxylation is 2. The van der Waals surface area contributed by atoms with Crippen molar-refractivity contribution >= 4 is 28.3 Å². The summed E-state index contributed by atoms with van der Waals surface area (Å²) in [5.74, 6) is -0.637. The maximum Gasteiger partial charge on any atom is 0.337 e. The predicted octanol–water partition coefficient (Wildman–Crippen LogP) is 3.06. The molecule has 0 spiro atoms. The number of rotatable bonds is 3. The van der Waals surface area contributed by atoms with Gasteiger partial charge in [0.05, 0.1) is 18.4 Å². The van der Waals surface area contributed by atoms with Crippen molar-refractivity contribution in [2.75, 3.05) is 12.4 Å². The third-order valence-corrected chi connectivity index (χ3v) is 4.71. The van der Waals surface area contributed by atoms with Crippen LogP contribution in [0, 0.1) is 0 Å². The van der Waals surface area contributed by atoms with Gasteiger partial charge in [0.15, 0.2) is 5.13 Å². The molecular weight excluding hydrogens is 300 g/mol. The standard InChI is InChI=1S/C16H16N2O3S/c1-21-15(20)11-8-6-10(7-9-11)14(19)18-16-17-12-4-2-3-5-13(12)22-16/h6-9H,2-5H2,1H3,(H,17,18,19). The highest BCUT2D eigenvalue weighted by molar-refractivity contribution is 7.15. The number of anilines is 1. The second-order valence-electron chi connectivity index (χ2n) is 5.12. The molecule has 2 aromatic rings. The van der Waals surface area contributed by atoms with Crippen LogP contribution in [0.5, 0.6) is 0 Å². The number of carbonyl (C=O) groups is 2. The van der Waals surface area contributed by atoms with E-state index in [9.17, 15) is 9.59 Å². The zero-order valence-corrected chi connectivity index (χ0v) is 13.0. The quantitative estimate of drug-likeness (QED) is 0.884. The predicted molar refractivity (Wildman–Crippen MR) is 84.5 cm³/mol. The summed E-state index contributed by atoms with van der Waals surface area (Å²) in [6.45, 7) is 0. The van der Waals surface area contributed by atoms with Crippen molar-refractivity contribution in [1.82, 2.24) is 4.98 Å². The first-order chi connectivity index (χ1) is 10.7. The number of nitrogens with one attached hydrogen (secondary N) is 1. The lowest BCUT2D eigenvalue weighted by molar-refractivity contribution is 0.0600. The number of fused-ring (bicyclic) bond motifs is 1. The Morgan fingerprint density at radius 3 is 2.50 bits per heavy atom. The number of hydrogen-bond acceptors (Lipinski definition) is 5. The van der Waals surface area contributed by atoms with Gasteiger partial charge in [-0.3, -0.25) is 10.1 Å². The highest BCUT2D eigenvalue weighted by Gasteiger charge is 2.17. The molecule has 1 N–H and O–H groups in total. The Morgan fingerprint density at radius 1 is 1.14 bits per heavy atom.